The Morgan fingerprint density at radius 1 is 1.73 bits per heavy atom. The van der Waals surface area contributed by atoms with Crippen LogP contribution in [0.5, 0.6) is 0 Å². The number of carbonyl (C=O) groups excluding carboxylic acids is 1. The van der Waals surface area contributed by atoms with Gasteiger partial charge in [-0.3, -0.25) is 9.48 Å². The van der Waals surface area contributed by atoms with Crippen molar-refractivity contribution >= 4 is 22.2 Å². The molecule has 60 valence electrons. The highest BCUT2D eigenvalue weighted by atomic mass is 79.9. The van der Waals surface area contributed by atoms with Gasteiger partial charge < -0.3 is 0 Å². The molecule has 1 aromatic heterocycles. The zero-order valence-corrected chi connectivity index (χ0v) is 8.00. The number of carbonyl (C=O) groups is 1. The van der Waals surface area contributed by atoms with E-state index in [2.05, 4.69) is 21.0 Å². The molecule has 0 atom stereocenters. The molecule has 4 heteroatoms. The fraction of sp³-hybridized carbons (Fsp3) is 0.429. The summed E-state index contributed by atoms with van der Waals surface area (Å²) in [7, 11) is 0. The van der Waals surface area contributed by atoms with E-state index < -0.39 is 0 Å². The molecule has 11 heavy (non-hydrogen) atoms. The van der Waals surface area contributed by atoms with Crippen LogP contribution in [0, 0.1) is 0 Å². The van der Waals surface area contributed by atoms with Gasteiger partial charge in [-0.2, -0.15) is 5.10 Å². The van der Waals surface area contributed by atoms with Crippen LogP contribution in [0.25, 0.3) is 0 Å². The second-order valence-electron chi connectivity index (χ2n) is 2.55. The van der Waals surface area contributed by atoms with Gasteiger partial charge in [0.25, 0.3) is 0 Å². The molecule has 0 aromatic carbocycles. The molecular weight excluding hydrogens is 208 g/mol. The van der Waals surface area contributed by atoms with Gasteiger partial charge >= 0.3 is 0 Å². The average molecular weight is 217 g/mol. The van der Waals surface area contributed by atoms with Crippen LogP contribution in [0.2, 0.25) is 0 Å². The molecule has 1 heterocycles. The summed E-state index contributed by atoms with van der Waals surface area (Å²) in [5, 5.41) is 4.03. The van der Waals surface area contributed by atoms with E-state index in [0.29, 0.717) is 5.69 Å². The zero-order valence-electron chi connectivity index (χ0n) is 6.41. The second kappa shape index (κ2) is 3.17. The minimum atomic E-state index is 0.276. The number of aromatic nitrogens is 2. The minimum absolute atomic E-state index is 0.276. The lowest BCUT2D eigenvalue weighted by molar-refractivity contribution is 0.111. The molecule has 0 fully saturated rings. The second-order valence-corrected chi connectivity index (χ2v) is 3.36. The van der Waals surface area contributed by atoms with Crippen molar-refractivity contribution in [3.05, 3.63) is 16.4 Å². The van der Waals surface area contributed by atoms with Gasteiger partial charge in [-0.15, -0.1) is 0 Å². The quantitative estimate of drug-likeness (QED) is 0.710. The highest BCUT2D eigenvalue weighted by Gasteiger charge is 2.06. The summed E-state index contributed by atoms with van der Waals surface area (Å²) in [4.78, 5) is 10.3. The number of halogens is 1. The van der Waals surface area contributed by atoms with Gasteiger partial charge in [0.1, 0.15) is 10.3 Å². The predicted octanol–water partition coefficient (Wildman–Crippen LogP) is 2.04. The highest BCUT2D eigenvalue weighted by molar-refractivity contribution is 9.10. The van der Waals surface area contributed by atoms with Crippen LogP contribution in [0.4, 0.5) is 0 Å². The molecule has 0 saturated heterocycles. The van der Waals surface area contributed by atoms with Gasteiger partial charge in [-0.1, -0.05) is 0 Å². The number of hydrogen-bond acceptors (Lipinski definition) is 2. The van der Waals surface area contributed by atoms with Crippen molar-refractivity contribution in [3.8, 4) is 0 Å². The standard InChI is InChI=1S/C7H9BrN2O/c1-5(2)10-7(8)3-6(4-11)9-10/h3-5H,1-2H3. The Labute approximate surface area is 73.5 Å². The Bertz CT molecular complexity index is 267. The Morgan fingerprint density at radius 3 is 2.64 bits per heavy atom. The van der Waals surface area contributed by atoms with Gasteiger partial charge in [0.2, 0.25) is 0 Å². The van der Waals surface area contributed by atoms with Gasteiger partial charge in [0.15, 0.2) is 6.29 Å². The van der Waals surface area contributed by atoms with Crippen LogP contribution in [-0.2, 0) is 0 Å². The number of nitrogens with zero attached hydrogens (tertiary/aromatic N) is 2. The molecule has 0 saturated carbocycles. The number of aldehydes is 1. The maximum atomic E-state index is 10.3. The van der Waals surface area contributed by atoms with Gasteiger partial charge in [0, 0.05) is 12.1 Å². The van der Waals surface area contributed by atoms with Crippen molar-refractivity contribution < 1.29 is 4.79 Å². The van der Waals surface area contributed by atoms with Crippen LogP contribution in [-0.4, -0.2) is 16.1 Å². The van der Waals surface area contributed by atoms with Crippen LogP contribution >= 0.6 is 15.9 Å². The van der Waals surface area contributed by atoms with Crippen LogP contribution in [0.1, 0.15) is 30.4 Å². The monoisotopic (exact) mass is 216 g/mol. The van der Waals surface area contributed by atoms with E-state index in [1.54, 1.807) is 10.7 Å². The molecule has 0 aliphatic heterocycles. The third kappa shape index (κ3) is 1.68. The van der Waals surface area contributed by atoms with Crippen molar-refractivity contribution in [1.82, 2.24) is 9.78 Å². The van der Waals surface area contributed by atoms with Gasteiger partial charge in [-0.25, -0.2) is 0 Å². The van der Waals surface area contributed by atoms with E-state index in [4.69, 9.17) is 0 Å². The third-order valence-corrected chi connectivity index (χ3v) is 1.91. The smallest absolute Gasteiger partial charge is 0.170 e. The first-order valence-electron chi connectivity index (χ1n) is 3.35. The topological polar surface area (TPSA) is 34.9 Å². The number of hydrogen-bond donors (Lipinski definition) is 0. The van der Waals surface area contributed by atoms with Crippen molar-refractivity contribution in [2.24, 2.45) is 0 Å². The van der Waals surface area contributed by atoms with E-state index in [1.165, 1.54) is 0 Å². The van der Waals surface area contributed by atoms with Crippen molar-refractivity contribution in [3.63, 3.8) is 0 Å². The molecule has 0 unspecified atom stereocenters. The van der Waals surface area contributed by atoms with E-state index in [1.807, 2.05) is 13.8 Å². The third-order valence-electron chi connectivity index (χ3n) is 1.32. The molecule has 0 N–H and O–H groups in total. The molecule has 1 rings (SSSR count). The number of rotatable bonds is 2. The Balaban J connectivity index is 3.06. The summed E-state index contributed by atoms with van der Waals surface area (Å²) in [5.41, 5.74) is 0.463. The lowest BCUT2D eigenvalue weighted by Crippen LogP contribution is -2.03. The first kappa shape index (κ1) is 8.46. The molecule has 0 bridgehead atoms. The fourth-order valence-electron chi connectivity index (χ4n) is 0.809. The van der Waals surface area contributed by atoms with E-state index >= 15 is 0 Å². The summed E-state index contributed by atoms with van der Waals surface area (Å²) in [6.07, 6.45) is 0.740. The minimum Gasteiger partial charge on any atom is -0.296 e. The fourth-order valence-corrected chi connectivity index (χ4v) is 1.53. The molecule has 0 aliphatic carbocycles. The van der Waals surface area contributed by atoms with Crippen molar-refractivity contribution in [2.45, 2.75) is 19.9 Å². The van der Waals surface area contributed by atoms with Crippen molar-refractivity contribution in [1.29, 1.82) is 0 Å². The highest BCUT2D eigenvalue weighted by Crippen LogP contribution is 2.15. The Kier molecular flexibility index (Phi) is 2.44. The normalized spacial score (nSPS) is 10.5. The predicted molar refractivity (Wildman–Crippen MR) is 45.7 cm³/mol. The molecule has 1 aromatic rings. The van der Waals surface area contributed by atoms with Crippen LogP contribution in [0.3, 0.4) is 0 Å². The first-order chi connectivity index (χ1) is 5.15. The van der Waals surface area contributed by atoms with E-state index in [-0.39, 0.29) is 6.04 Å². The maximum absolute atomic E-state index is 10.3. The summed E-state index contributed by atoms with van der Waals surface area (Å²) in [6, 6.07) is 1.98. The lowest BCUT2D eigenvalue weighted by atomic mass is 10.4. The average Bonchev–Trinajstić information content (AvgIpc) is 2.30. The van der Waals surface area contributed by atoms with Crippen LogP contribution in [0.15, 0.2) is 10.7 Å². The summed E-state index contributed by atoms with van der Waals surface area (Å²) >= 11 is 3.30. The summed E-state index contributed by atoms with van der Waals surface area (Å²) in [5.74, 6) is 0. The Hall–Kier alpha value is -0.640. The van der Waals surface area contributed by atoms with Crippen molar-refractivity contribution in [2.75, 3.05) is 0 Å². The molecule has 0 amide bonds. The SMILES string of the molecule is CC(C)n1nc(C=O)cc1Br. The molecule has 0 radical (unpaired) electrons. The summed E-state index contributed by atoms with van der Waals surface area (Å²) < 4.78 is 2.60. The van der Waals surface area contributed by atoms with Gasteiger partial charge in [0.05, 0.1) is 0 Å². The molecule has 3 nitrogen and oxygen atoms in total. The zero-order chi connectivity index (χ0) is 8.43. The molecular formula is C7H9BrN2O. The molecule has 0 aliphatic rings. The van der Waals surface area contributed by atoms with Gasteiger partial charge in [-0.05, 0) is 29.8 Å². The Morgan fingerprint density at radius 2 is 2.36 bits per heavy atom. The largest absolute Gasteiger partial charge is 0.296 e. The molecule has 0 spiro atoms. The lowest BCUT2D eigenvalue weighted by Gasteiger charge is -2.05. The maximum Gasteiger partial charge on any atom is 0.170 e. The van der Waals surface area contributed by atoms with Crippen LogP contribution < -0.4 is 0 Å². The van der Waals surface area contributed by atoms with E-state index in [9.17, 15) is 4.79 Å². The van der Waals surface area contributed by atoms with E-state index in [0.717, 1.165) is 10.9 Å². The summed E-state index contributed by atoms with van der Waals surface area (Å²) in [6.45, 7) is 4.01. The first-order valence-corrected chi connectivity index (χ1v) is 4.14.